The van der Waals surface area contributed by atoms with E-state index in [1.165, 1.54) is 5.56 Å². The maximum Gasteiger partial charge on any atom is 0.0852 e. The molecule has 1 heterocycles. The second-order valence-electron chi connectivity index (χ2n) is 15.5. The number of fused-ring (bicyclic) bond motifs is 5. The molecule has 0 aliphatic heterocycles. The van der Waals surface area contributed by atoms with Crippen molar-refractivity contribution in [1.29, 1.82) is 0 Å². The van der Waals surface area contributed by atoms with E-state index in [0.717, 1.165) is 58.0 Å². The number of rotatable bonds is 7. The van der Waals surface area contributed by atoms with Crippen LogP contribution in [0.25, 0.3) is 0 Å². The van der Waals surface area contributed by atoms with E-state index in [2.05, 4.69) is 44.9 Å². The van der Waals surface area contributed by atoms with Gasteiger partial charge in [0.05, 0.1) is 23.9 Å². The molecule has 6 nitrogen and oxygen atoms in total. The van der Waals surface area contributed by atoms with Gasteiger partial charge in [-0.3, -0.25) is 4.98 Å². The van der Waals surface area contributed by atoms with Crippen molar-refractivity contribution in [3.05, 3.63) is 30.1 Å². The number of aromatic nitrogens is 1. The summed E-state index contributed by atoms with van der Waals surface area (Å²) in [4.78, 5) is 4.07. The number of nitrogens with zero attached hydrogens (tertiary/aromatic N) is 1. The molecule has 0 amide bonds. The lowest BCUT2D eigenvalue weighted by Gasteiger charge is -2.71. The summed E-state index contributed by atoms with van der Waals surface area (Å²) in [6.07, 6.45) is 8.77. The molecular weight excluding hydrogens is 488 g/mol. The van der Waals surface area contributed by atoms with Gasteiger partial charge in [-0.05, 0) is 128 Å². The van der Waals surface area contributed by atoms with E-state index in [4.69, 9.17) is 0 Å². The topological polar surface area (TPSA) is 106 Å². The van der Waals surface area contributed by atoms with Crippen LogP contribution in [-0.4, -0.2) is 55.9 Å². The number of aliphatic hydroxyl groups is 4. The number of aliphatic hydroxyl groups excluding tert-OH is 3. The zero-order valence-electron chi connectivity index (χ0n) is 25.2. The highest BCUT2D eigenvalue weighted by atomic mass is 16.3. The molecule has 39 heavy (non-hydrogen) atoms. The normalized spacial score (nSPS) is 46.6. The van der Waals surface area contributed by atoms with Crippen LogP contribution in [-0.2, 0) is 6.54 Å². The third kappa shape index (κ3) is 4.52. The van der Waals surface area contributed by atoms with Crippen LogP contribution in [0.15, 0.2) is 24.5 Å². The molecule has 1 aromatic heterocycles. The first kappa shape index (κ1) is 29.4. The molecule has 5 rings (SSSR count). The SMILES string of the molecule is CC1(C)[C@@H](O)[C@H](O)C[C@]2(C)[C@H]3C[C@@H](O)[C@@H]4[C@@H]([C@@](C)(O)CCCNCc5ccncc5)CC[C@@]4(C)[C@]3(C)CC[C@@H]12. The van der Waals surface area contributed by atoms with Gasteiger partial charge in [-0.25, -0.2) is 0 Å². The predicted molar refractivity (Wildman–Crippen MR) is 154 cm³/mol. The first-order valence-electron chi connectivity index (χ1n) is 15.5. The average Bonchev–Trinajstić information content (AvgIpc) is 3.25. The summed E-state index contributed by atoms with van der Waals surface area (Å²) in [6.45, 7) is 15.1. The number of hydrogen-bond acceptors (Lipinski definition) is 6. The molecular formula is C33H54N2O4. The van der Waals surface area contributed by atoms with Crippen molar-refractivity contribution >= 4 is 0 Å². The maximum absolute atomic E-state index is 11.9. The van der Waals surface area contributed by atoms with Crippen molar-refractivity contribution in [2.45, 2.75) is 123 Å². The molecule has 0 radical (unpaired) electrons. The van der Waals surface area contributed by atoms with Gasteiger partial charge in [-0.15, -0.1) is 0 Å². The van der Waals surface area contributed by atoms with E-state index in [-0.39, 0.29) is 39.4 Å². The quantitative estimate of drug-likeness (QED) is 0.320. The minimum Gasteiger partial charge on any atom is -0.393 e. The van der Waals surface area contributed by atoms with Gasteiger partial charge in [0.15, 0.2) is 0 Å². The Morgan fingerprint density at radius 1 is 0.949 bits per heavy atom. The molecule has 0 spiro atoms. The van der Waals surface area contributed by atoms with Gasteiger partial charge in [0.1, 0.15) is 0 Å². The first-order chi connectivity index (χ1) is 18.2. The van der Waals surface area contributed by atoms with Gasteiger partial charge in [-0.1, -0.05) is 34.6 Å². The number of nitrogens with one attached hydrogen (secondary N) is 1. The molecule has 4 fully saturated rings. The molecule has 5 N–H and O–H groups in total. The highest BCUT2D eigenvalue weighted by molar-refractivity contribution is 5.20. The van der Waals surface area contributed by atoms with E-state index >= 15 is 0 Å². The minimum absolute atomic E-state index is 0.0250. The summed E-state index contributed by atoms with van der Waals surface area (Å²) >= 11 is 0. The van der Waals surface area contributed by atoms with Crippen molar-refractivity contribution in [3.63, 3.8) is 0 Å². The molecule has 11 atom stereocenters. The lowest BCUT2D eigenvalue weighted by atomic mass is 9.35. The van der Waals surface area contributed by atoms with Crippen LogP contribution in [0.3, 0.4) is 0 Å². The van der Waals surface area contributed by atoms with Gasteiger partial charge in [-0.2, -0.15) is 0 Å². The summed E-state index contributed by atoms with van der Waals surface area (Å²) in [5.74, 6) is 0.748. The molecule has 4 aliphatic rings. The highest BCUT2D eigenvalue weighted by Gasteiger charge is 2.72. The second kappa shape index (κ2) is 10.0. The third-order valence-corrected chi connectivity index (χ3v) is 13.2. The fourth-order valence-electron chi connectivity index (χ4n) is 11.1. The fraction of sp³-hybridized carbons (Fsp3) is 0.848. The summed E-state index contributed by atoms with van der Waals surface area (Å²) in [5.41, 5.74) is -0.142. The summed E-state index contributed by atoms with van der Waals surface area (Å²) in [5, 5.41) is 49.1. The fourth-order valence-corrected chi connectivity index (χ4v) is 11.1. The lowest BCUT2D eigenvalue weighted by molar-refractivity contribution is -0.263. The molecule has 0 unspecified atom stereocenters. The third-order valence-electron chi connectivity index (χ3n) is 13.2. The van der Waals surface area contributed by atoms with Crippen molar-refractivity contribution < 1.29 is 20.4 Å². The largest absolute Gasteiger partial charge is 0.393 e. The van der Waals surface area contributed by atoms with Gasteiger partial charge in [0.2, 0.25) is 0 Å². The van der Waals surface area contributed by atoms with E-state index in [1.807, 2.05) is 31.5 Å². The van der Waals surface area contributed by atoms with Crippen molar-refractivity contribution in [2.75, 3.05) is 6.54 Å². The van der Waals surface area contributed by atoms with Crippen LogP contribution < -0.4 is 5.32 Å². The van der Waals surface area contributed by atoms with Crippen molar-refractivity contribution in [1.82, 2.24) is 10.3 Å². The molecule has 4 aliphatic carbocycles. The van der Waals surface area contributed by atoms with Gasteiger partial charge < -0.3 is 25.7 Å². The highest BCUT2D eigenvalue weighted by Crippen LogP contribution is 2.75. The van der Waals surface area contributed by atoms with Gasteiger partial charge in [0, 0.05) is 18.9 Å². The summed E-state index contributed by atoms with van der Waals surface area (Å²) < 4.78 is 0. The zero-order valence-corrected chi connectivity index (χ0v) is 25.2. The monoisotopic (exact) mass is 542 g/mol. The molecule has 0 saturated heterocycles. The van der Waals surface area contributed by atoms with E-state index in [9.17, 15) is 20.4 Å². The Labute approximate surface area is 236 Å². The van der Waals surface area contributed by atoms with Crippen molar-refractivity contribution in [3.8, 4) is 0 Å². The molecule has 0 aromatic carbocycles. The molecule has 1 aromatic rings. The smallest absolute Gasteiger partial charge is 0.0852 e. The Kier molecular flexibility index (Phi) is 7.58. The lowest BCUT2D eigenvalue weighted by Crippen LogP contribution is -2.68. The Bertz CT molecular complexity index is 1020. The van der Waals surface area contributed by atoms with Crippen LogP contribution in [0.5, 0.6) is 0 Å². The second-order valence-corrected chi connectivity index (χ2v) is 15.5. The van der Waals surface area contributed by atoms with Crippen LogP contribution in [0.2, 0.25) is 0 Å². The number of pyridine rings is 1. The van der Waals surface area contributed by atoms with Crippen LogP contribution in [0.1, 0.15) is 98.5 Å². The minimum atomic E-state index is -0.820. The zero-order chi connectivity index (χ0) is 28.4. The van der Waals surface area contributed by atoms with E-state index in [1.54, 1.807) is 0 Å². The molecule has 220 valence electrons. The maximum atomic E-state index is 11.9. The summed E-state index contributed by atoms with van der Waals surface area (Å²) in [6, 6.07) is 4.04. The van der Waals surface area contributed by atoms with Crippen LogP contribution in [0.4, 0.5) is 0 Å². The summed E-state index contributed by atoms with van der Waals surface area (Å²) in [7, 11) is 0. The first-order valence-corrected chi connectivity index (χ1v) is 15.5. The van der Waals surface area contributed by atoms with Crippen LogP contribution >= 0.6 is 0 Å². The van der Waals surface area contributed by atoms with E-state index in [0.29, 0.717) is 12.3 Å². The Morgan fingerprint density at radius 2 is 1.62 bits per heavy atom. The van der Waals surface area contributed by atoms with E-state index < -0.39 is 23.9 Å². The van der Waals surface area contributed by atoms with Gasteiger partial charge in [0.25, 0.3) is 0 Å². The molecule has 4 saturated carbocycles. The Morgan fingerprint density at radius 3 is 2.31 bits per heavy atom. The Hall–Kier alpha value is -1.05. The Balaban J connectivity index is 1.31. The molecule has 0 bridgehead atoms. The predicted octanol–water partition coefficient (Wildman–Crippen LogP) is 4.69. The van der Waals surface area contributed by atoms with Crippen LogP contribution in [0, 0.1) is 45.3 Å². The van der Waals surface area contributed by atoms with Gasteiger partial charge >= 0.3 is 0 Å². The standard InChI is InChI=1S/C33H54N2O4/c1-29(2)25-9-14-31(4)26(30(25,3)19-24(37)28(29)38)18-23(36)27-22(8-13-32(27,31)5)33(6,39)12-7-15-35-20-21-10-16-34-17-11-21/h10-11,16-17,22-28,35-39H,7-9,12-15,18-20H2,1-6H3/t22-,23+,24+,25-,26+,27-,28-,30-,31+,32+,33-/m0/s1. The molecule has 6 heteroatoms. The van der Waals surface area contributed by atoms with Crippen molar-refractivity contribution in [2.24, 2.45) is 45.3 Å². The average molecular weight is 543 g/mol. The number of hydrogen-bond donors (Lipinski definition) is 5.